The predicted molar refractivity (Wildman–Crippen MR) is 215 cm³/mol. The number of nitrogens with zero attached hydrogens (tertiary/aromatic N) is 1. The molecule has 0 aromatic carbocycles. The Morgan fingerprint density at radius 3 is 1.54 bits per heavy atom. The number of unbranched alkanes of at least 4 members (excludes halogenated alkanes) is 1. The average molecular weight is 850 g/mol. The van der Waals surface area contributed by atoms with Gasteiger partial charge in [-0.05, 0) is 51.0 Å². The van der Waals surface area contributed by atoms with Crippen LogP contribution in [0.1, 0.15) is 52.4 Å². The number of carbonyl (C=O) groups is 9. The van der Waals surface area contributed by atoms with Crippen LogP contribution in [0.5, 0.6) is 0 Å². The summed E-state index contributed by atoms with van der Waals surface area (Å²) >= 11 is 7.75. The Morgan fingerprint density at radius 1 is 0.596 bits per heavy atom. The van der Waals surface area contributed by atoms with Gasteiger partial charge in [0.1, 0.15) is 24.2 Å². The summed E-state index contributed by atoms with van der Waals surface area (Å²) in [6, 6.07) is -5.80. The van der Waals surface area contributed by atoms with Gasteiger partial charge in [-0.25, -0.2) is 4.79 Å². The van der Waals surface area contributed by atoms with E-state index in [2.05, 4.69) is 72.8 Å². The molecule has 8 amide bonds. The van der Waals surface area contributed by atoms with Crippen molar-refractivity contribution in [2.45, 2.75) is 82.6 Å². The van der Waals surface area contributed by atoms with E-state index in [0.29, 0.717) is 19.4 Å². The molecule has 0 saturated carbocycles. The van der Waals surface area contributed by atoms with E-state index in [1.54, 1.807) is 13.8 Å². The molecule has 17 N–H and O–H groups in total. The summed E-state index contributed by atoms with van der Waals surface area (Å²) in [7, 11) is 0. The summed E-state index contributed by atoms with van der Waals surface area (Å²) in [6.45, 7) is 1.80. The summed E-state index contributed by atoms with van der Waals surface area (Å²) in [5.41, 5.74) is 22.0. The fraction of sp³-hybridized carbons (Fsp3) is 0.688. The third kappa shape index (κ3) is 24.4. The molecule has 0 aromatic rings. The molecule has 0 fully saturated rings. The Kier molecular flexibility index (Phi) is 26.9. The van der Waals surface area contributed by atoms with Crippen LogP contribution >= 0.6 is 25.3 Å². The maximum absolute atomic E-state index is 13.6. The fourth-order valence-electron chi connectivity index (χ4n) is 4.61. The summed E-state index contributed by atoms with van der Waals surface area (Å²) in [4.78, 5) is 116. The molecule has 0 spiro atoms. The molecule has 25 heteroatoms. The van der Waals surface area contributed by atoms with E-state index >= 15 is 0 Å². The Bertz CT molecular complexity index is 1400. The van der Waals surface area contributed by atoms with Crippen molar-refractivity contribution in [3.8, 4) is 0 Å². The van der Waals surface area contributed by atoms with Crippen molar-refractivity contribution in [1.82, 2.24) is 42.5 Å². The van der Waals surface area contributed by atoms with Crippen molar-refractivity contribution in [3.63, 3.8) is 0 Å². The molecule has 0 aromatic heterocycles. The molecule has 0 heterocycles. The van der Waals surface area contributed by atoms with Crippen molar-refractivity contribution in [2.75, 3.05) is 50.8 Å². The number of nitrogens with one attached hydrogen (secondary N) is 8. The van der Waals surface area contributed by atoms with Crippen molar-refractivity contribution >= 4 is 84.4 Å². The van der Waals surface area contributed by atoms with Crippen LogP contribution in [-0.2, 0) is 43.2 Å². The maximum Gasteiger partial charge on any atom is 0.327 e. The number of nitrogens with two attached hydrogens (primary N) is 4. The minimum absolute atomic E-state index is 0.00848. The lowest BCUT2D eigenvalue weighted by Crippen LogP contribution is -2.57. The van der Waals surface area contributed by atoms with Crippen molar-refractivity contribution in [2.24, 2.45) is 33.8 Å². The number of carboxylic acid groups (broad SMARTS) is 1. The summed E-state index contributed by atoms with van der Waals surface area (Å²) in [5.74, 6) is -7.65. The first-order chi connectivity index (χ1) is 26.8. The summed E-state index contributed by atoms with van der Waals surface area (Å²) < 4.78 is 0. The number of amides is 8. The normalized spacial score (nSPS) is 13.3. The number of carboxylic acids is 1. The van der Waals surface area contributed by atoms with Crippen LogP contribution in [0.25, 0.3) is 0 Å². The molecule has 5 unspecified atom stereocenters. The molecule has 0 aliphatic carbocycles. The number of aliphatic imine (C=N–C) groups is 1. The van der Waals surface area contributed by atoms with Gasteiger partial charge in [-0.2, -0.15) is 25.3 Å². The highest BCUT2D eigenvalue weighted by atomic mass is 32.1. The number of carbonyl (C=O) groups excluding carboxylic acids is 8. The van der Waals surface area contributed by atoms with Crippen LogP contribution in [0, 0.1) is 5.92 Å². The highest BCUT2D eigenvalue weighted by molar-refractivity contribution is 7.80. The molecule has 0 radical (unpaired) electrons. The number of aliphatic carboxylic acids is 1. The van der Waals surface area contributed by atoms with Gasteiger partial charge in [0, 0.05) is 18.1 Å². The summed E-state index contributed by atoms with van der Waals surface area (Å²) in [5, 5.41) is 28.2. The summed E-state index contributed by atoms with van der Waals surface area (Å²) in [6.07, 6.45) is 1.35. The lowest BCUT2D eigenvalue weighted by atomic mass is 10.0. The zero-order valence-electron chi connectivity index (χ0n) is 32.1. The fourth-order valence-corrected chi connectivity index (χ4v) is 5.03. The Hall–Kier alpha value is -4.88. The second-order valence-electron chi connectivity index (χ2n) is 13.0. The number of guanidine groups is 1. The second kappa shape index (κ2) is 29.4. The highest BCUT2D eigenvalue weighted by Crippen LogP contribution is 2.09. The van der Waals surface area contributed by atoms with E-state index in [1.807, 2.05) is 0 Å². The first-order valence-electron chi connectivity index (χ1n) is 18.1. The van der Waals surface area contributed by atoms with Gasteiger partial charge >= 0.3 is 5.97 Å². The smallest absolute Gasteiger partial charge is 0.327 e. The van der Waals surface area contributed by atoms with Crippen LogP contribution < -0.4 is 65.5 Å². The third-order valence-corrected chi connectivity index (χ3v) is 8.36. The molecule has 324 valence electrons. The lowest BCUT2D eigenvalue weighted by Gasteiger charge is -2.26. The minimum atomic E-state index is -1.31. The van der Waals surface area contributed by atoms with Crippen LogP contribution in [0.4, 0.5) is 0 Å². The maximum atomic E-state index is 13.6. The van der Waals surface area contributed by atoms with Crippen molar-refractivity contribution in [1.29, 1.82) is 0 Å². The molecule has 0 aliphatic rings. The Morgan fingerprint density at radius 2 is 1.07 bits per heavy atom. The van der Waals surface area contributed by atoms with Gasteiger partial charge < -0.3 is 70.6 Å². The van der Waals surface area contributed by atoms with Gasteiger partial charge in [-0.15, -0.1) is 0 Å². The van der Waals surface area contributed by atoms with Crippen LogP contribution in [0.3, 0.4) is 0 Å². The minimum Gasteiger partial charge on any atom is -0.480 e. The zero-order chi connectivity index (χ0) is 43.5. The number of hydrogen-bond acceptors (Lipinski definition) is 14. The SMILES string of the molecule is CC(C)CC(NC(=O)C(CCCCN)NC(=O)C(CCCN=C(N)N)NC(=O)CNC(=O)CNC(=O)C(N)CS)C(=O)NCC(=O)NCC(=O)NC(CS)C(=O)O. The van der Waals surface area contributed by atoms with E-state index in [-0.39, 0.29) is 55.6 Å². The number of hydrogen-bond donors (Lipinski definition) is 15. The molecular formula is C32H59N13O10S2. The van der Waals surface area contributed by atoms with Gasteiger partial charge in [-0.3, -0.25) is 43.3 Å². The third-order valence-electron chi connectivity index (χ3n) is 7.60. The van der Waals surface area contributed by atoms with Gasteiger partial charge in [0.2, 0.25) is 47.3 Å². The Balaban J connectivity index is 5.75. The molecule has 0 saturated heterocycles. The van der Waals surface area contributed by atoms with E-state index in [0.717, 1.165) is 0 Å². The van der Waals surface area contributed by atoms with E-state index in [4.69, 9.17) is 28.0 Å². The van der Waals surface area contributed by atoms with Crippen molar-refractivity contribution in [3.05, 3.63) is 0 Å². The topological polar surface area (TPSA) is 387 Å². The molecule has 23 nitrogen and oxygen atoms in total. The molecular weight excluding hydrogens is 791 g/mol. The molecule has 57 heavy (non-hydrogen) atoms. The van der Waals surface area contributed by atoms with Gasteiger partial charge in [0.05, 0.1) is 32.2 Å². The monoisotopic (exact) mass is 849 g/mol. The molecule has 5 atom stereocenters. The van der Waals surface area contributed by atoms with Gasteiger partial charge in [0.15, 0.2) is 5.96 Å². The number of rotatable bonds is 29. The van der Waals surface area contributed by atoms with Crippen LogP contribution in [0.15, 0.2) is 4.99 Å². The quantitative estimate of drug-likeness (QED) is 0.0144. The molecule has 0 bridgehead atoms. The zero-order valence-corrected chi connectivity index (χ0v) is 33.9. The highest BCUT2D eigenvalue weighted by Gasteiger charge is 2.30. The molecule has 0 aliphatic heterocycles. The van der Waals surface area contributed by atoms with E-state index < -0.39 is 110 Å². The standard InChI is InChI=1S/C32H59N13O10S2/c1-17(2)10-21(28(51)41-12-24(47)39-14-26(49)43-22(16-57)31(54)55)45-30(53)20(6-3-4-8-33)44-29(52)19(7-5-9-37-32(35)36)42-25(48)13-38-23(46)11-40-27(50)18(34)15-56/h17-22,56-57H,3-16,33-34H2,1-2H3,(H,38,46)(H,39,47)(H,40,50)(H,41,51)(H,42,48)(H,43,49)(H,44,52)(H,45,53)(H,54,55)(H4,35,36,37). The number of thiol groups is 2. The Labute approximate surface area is 341 Å². The van der Waals surface area contributed by atoms with Crippen LogP contribution in [-0.4, -0.2) is 145 Å². The molecule has 0 rings (SSSR count). The first kappa shape index (κ1) is 52.1. The van der Waals surface area contributed by atoms with Crippen LogP contribution in [0.2, 0.25) is 0 Å². The predicted octanol–water partition coefficient (Wildman–Crippen LogP) is -6.11. The van der Waals surface area contributed by atoms with Crippen molar-refractivity contribution < 1.29 is 48.3 Å². The lowest BCUT2D eigenvalue weighted by molar-refractivity contribution is -0.141. The van der Waals surface area contributed by atoms with Gasteiger partial charge in [0.25, 0.3) is 0 Å². The second-order valence-corrected chi connectivity index (χ2v) is 13.8. The van der Waals surface area contributed by atoms with E-state index in [9.17, 15) is 43.2 Å². The van der Waals surface area contributed by atoms with E-state index in [1.165, 1.54) is 0 Å². The largest absolute Gasteiger partial charge is 0.480 e. The first-order valence-corrected chi connectivity index (χ1v) is 19.3. The van der Waals surface area contributed by atoms with Gasteiger partial charge in [-0.1, -0.05) is 13.8 Å². The average Bonchev–Trinajstić information content (AvgIpc) is 3.15.